The van der Waals surface area contributed by atoms with Crippen molar-refractivity contribution in [3.63, 3.8) is 0 Å². The second kappa shape index (κ2) is 7.33. The van der Waals surface area contributed by atoms with Gasteiger partial charge in [-0.15, -0.1) is 0 Å². The van der Waals surface area contributed by atoms with Gasteiger partial charge >= 0.3 is 0 Å². The van der Waals surface area contributed by atoms with E-state index in [1.54, 1.807) is 12.1 Å². The third-order valence-electron chi connectivity index (χ3n) is 4.69. The van der Waals surface area contributed by atoms with E-state index in [4.69, 9.17) is 4.74 Å². The smallest absolute Gasteiger partial charge is 0.297 e. The van der Waals surface area contributed by atoms with Gasteiger partial charge in [-0.05, 0) is 24.1 Å². The number of hydrogen-bond donors (Lipinski definition) is 1. The van der Waals surface area contributed by atoms with Gasteiger partial charge in [0.15, 0.2) is 5.82 Å². The Morgan fingerprint density at radius 3 is 2.62 bits per heavy atom. The molecule has 26 heavy (non-hydrogen) atoms. The molecule has 2 aromatic carbocycles. The van der Waals surface area contributed by atoms with Crippen molar-refractivity contribution < 1.29 is 13.5 Å². The number of benzene rings is 2. The molecule has 0 saturated carbocycles. The Labute approximate surface area is 150 Å². The van der Waals surface area contributed by atoms with Crippen molar-refractivity contribution in [2.24, 2.45) is 5.92 Å². The van der Waals surface area contributed by atoms with Gasteiger partial charge in [-0.3, -0.25) is 0 Å². The van der Waals surface area contributed by atoms with Gasteiger partial charge in [-0.25, -0.2) is 18.7 Å². The van der Waals surface area contributed by atoms with Gasteiger partial charge in [-0.1, -0.05) is 42.5 Å². The van der Waals surface area contributed by atoms with Crippen molar-refractivity contribution in [2.75, 3.05) is 18.5 Å². The predicted molar refractivity (Wildman–Crippen MR) is 96.2 cm³/mol. The van der Waals surface area contributed by atoms with E-state index in [1.807, 2.05) is 30.3 Å². The minimum Gasteiger partial charge on any atom is -0.373 e. The molecule has 3 aromatic rings. The Bertz CT molecular complexity index is 889. The van der Waals surface area contributed by atoms with E-state index >= 15 is 0 Å². The van der Waals surface area contributed by atoms with Gasteiger partial charge in [0.25, 0.3) is 6.43 Å². The highest BCUT2D eigenvalue weighted by molar-refractivity contribution is 5.89. The van der Waals surface area contributed by atoms with E-state index in [0.717, 1.165) is 17.4 Å². The van der Waals surface area contributed by atoms with Crippen LogP contribution >= 0.6 is 0 Å². The summed E-state index contributed by atoms with van der Waals surface area (Å²) in [5.41, 5.74) is 1.65. The molecular formula is C20H19F2N3O. The van der Waals surface area contributed by atoms with E-state index in [-0.39, 0.29) is 12.0 Å². The molecule has 6 heteroatoms. The first kappa shape index (κ1) is 16.8. The highest BCUT2D eigenvalue weighted by Gasteiger charge is 2.29. The normalized spacial score (nSPS) is 20.0. The minimum absolute atomic E-state index is 0.00590. The fourth-order valence-corrected chi connectivity index (χ4v) is 3.41. The number of hydrogen-bond acceptors (Lipinski definition) is 4. The Morgan fingerprint density at radius 2 is 1.81 bits per heavy atom. The Balaban J connectivity index is 1.57. The first-order valence-corrected chi connectivity index (χ1v) is 8.67. The number of fused-ring (bicyclic) bond motifs is 1. The topological polar surface area (TPSA) is 47.0 Å². The second-order valence-corrected chi connectivity index (χ2v) is 6.38. The van der Waals surface area contributed by atoms with Crippen molar-refractivity contribution >= 4 is 16.7 Å². The third kappa shape index (κ3) is 3.37. The summed E-state index contributed by atoms with van der Waals surface area (Å²) in [6.07, 6.45) is -1.78. The van der Waals surface area contributed by atoms with Gasteiger partial charge in [0.2, 0.25) is 0 Å². The summed E-state index contributed by atoms with van der Waals surface area (Å²) in [6.45, 7) is 1.29. The Morgan fingerprint density at radius 1 is 1.04 bits per heavy atom. The Kier molecular flexibility index (Phi) is 4.75. The van der Waals surface area contributed by atoms with E-state index in [0.29, 0.717) is 24.5 Å². The molecule has 0 aliphatic carbocycles. The van der Waals surface area contributed by atoms with E-state index in [9.17, 15) is 8.78 Å². The number of halogens is 2. The summed E-state index contributed by atoms with van der Waals surface area (Å²) in [4.78, 5) is 8.00. The predicted octanol–water partition coefficient (Wildman–Crippen LogP) is 4.76. The summed E-state index contributed by atoms with van der Waals surface area (Å²) < 4.78 is 32.2. The van der Waals surface area contributed by atoms with Gasteiger partial charge < -0.3 is 10.1 Å². The van der Waals surface area contributed by atoms with Crippen LogP contribution < -0.4 is 5.32 Å². The molecule has 2 unspecified atom stereocenters. The maximum atomic E-state index is 13.1. The van der Waals surface area contributed by atoms with Crippen molar-refractivity contribution in [3.8, 4) is 0 Å². The quantitative estimate of drug-likeness (QED) is 0.717. The molecule has 1 aromatic heterocycles. The molecule has 0 bridgehead atoms. The zero-order valence-corrected chi connectivity index (χ0v) is 14.1. The molecule has 4 nitrogen and oxygen atoms in total. The van der Waals surface area contributed by atoms with E-state index in [1.165, 1.54) is 0 Å². The molecule has 1 fully saturated rings. The van der Waals surface area contributed by atoms with Crippen LogP contribution in [0.4, 0.5) is 14.6 Å². The third-order valence-corrected chi connectivity index (χ3v) is 4.69. The lowest BCUT2D eigenvalue weighted by Crippen LogP contribution is -2.19. The monoisotopic (exact) mass is 355 g/mol. The molecule has 0 radical (unpaired) electrons. The van der Waals surface area contributed by atoms with Crippen LogP contribution in [0.5, 0.6) is 0 Å². The van der Waals surface area contributed by atoms with Crippen LogP contribution in [0.15, 0.2) is 54.6 Å². The molecule has 1 aliphatic heterocycles. The Hall–Kier alpha value is -2.60. The van der Waals surface area contributed by atoms with Crippen LogP contribution in [0.2, 0.25) is 0 Å². The molecule has 1 N–H and O–H groups in total. The van der Waals surface area contributed by atoms with Gasteiger partial charge in [0.1, 0.15) is 5.82 Å². The highest BCUT2D eigenvalue weighted by Crippen LogP contribution is 2.35. The summed E-state index contributed by atoms with van der Waals surface area (Å²) in [5, 5.41) is 4.00. The van der Waals surface area contributed by atoms with Crippen LogP contribution in [0, 0.1) is 5.92 Å². The number of nitrogens with one attached hydrogen (secondary N) is 1. The maximum absolute atomic E-state index is 13.1. The van der Waals surface area contributed by atoms with E-state index in [2.05, 4.69) is 27.4 Å². The fourth-order valence-electron chi connectivity index (χ4n) is 3.41. The first-order valence-electron chi connectivity index (χ1n) is 8.67. The van der Waals surface area contributed by atoms with Gasteiger partial charge in [0, 0.05) is 24.5 Å². The number of ether oxygens (including phenoxy) is 1. The molecule has 4 rings (SSSR count). The summed E-state index contributed by atoms with van der Waals surface area (Å²) in [6, 6.07) is 17.3. The first-order chi connectivity index (χ1) is 12.7. The molecule has 0 spiro atoms. The fraction of sp³-hybridized carbons (Fsp3) is 0.300. The lowest BCUT2D eigenvalue weighted by molar-refractivity contribution is 0.0933. The van der Waals surface area contributed by atoms with Crippen molar-refractivity contribution in [1.29, 1.82) is 0 Å². The zero-order chi connectivity index (χ0) is 17.9. The SMILES string of the molecule is FC(F)c1nc(NCC2CCOC2c2ccccc2)c2ccccc2n1. The van der Waals surface area contributed by atoms with Crippen LogP contribution in [-0.2, 0) is 4.74 Å². The van der Waals surface area contributed by atoms with Gasteiger partial charge in [0.05, 0.1) is 11.6 Å². The number of rotatable bonds is 5. The standard InChI is InChI=1S/C20H19F2N3O/c21-18(22)20-24-16-9-5-4-8-15(16)19(25-20)23-12-14-10-11-26-17(14)13-6-2-1-3-7-13/h1-9,14,17-18H,10-12H2,(H,23,24,25). The average Bonchev–Trinajstić information content (AvgIpc) is 3.15. The maximum Gasteiger partial charge on any atom is 0.297 e. The number of anilines is 1. The lowest BCUT2D eigenvalue weighted by atomic mass is 9.95. The number of nitrogens with zero attached hydrogens (tertiary/aromatic N) is 2. The summed E-state index contributed by atoms with van der Waals surface area (Å²) >= 11 is 0. The highest BCUT2D eigenvalue weighted by atomic mass is 19.3. The molecule has 134 valence electrons. The van der Waals surface area contributed by atoms with E-state index < -0.39 is 12.2 Å². The molecular weight excluding hydrogens is 336 g/mol. The van der Waals surface area contributed by atoms with Crippen LogP contribution in [0.3, 0.4) is 0 Å². The minimum atomic E-state index is -2.70. The molecule has 0 amide bonds. The zero-order valence-electron chi connectivity index (χ0n) is 14.1. The largest absolute Gasteiger partial charge is 0.373 e. The summed E-state index contributed by atoms with van der Waals surface area (Å²) in [5.74, 6) is 0.249. The average molecular weight is 355 g/mol. The lowest BCUT2D eigenvalue weighted by Gasteiger charge is -2.20. The molecule has 2 heterocycles. The molecule has 1 saturated heterocycles. The van der Waals surface area contributed by atoms with Crippen LogP contribution in [-0.4, -0.2) is 23.1 Å². The second-order valence-electron chi connectivity index (χ2n) is 6.38. The number of aromatic nitrogens is 2. The molecule has 2 atom stereocenters. The van der Waals surface area contributed by atoms with Crippen molar-refractivity contribution in [1.82, 2.24) is 9.97 Å². The number of para-hydroxylation sites is 1. The van der Waals surface area contributed by atoms with Crippen molar-refractivity contribution in [3.05, 3.63) is 66.0 Å². The van der Waals surface area contributed by atoms with Gasteiger partial charge in [-0.2, -0.15) is 0 Å². The number of alkyl halides is 2. The van der Waals surface area contributed by atoms with Crippen LogP contribution in [0.1, 0.15) is 30.3 Å². The van der Waals surface area contributed by atoms with Crippen molar-refractivity contribution in [2.45, 2.75) is 19.0 Å². The summed E-state index contributed by atoms with van der Waals surface area (Å²) in [7, 11) is 0. The van der Waals surface area contributed by atoms with Crippen LogP contribution in [0.25, 0.3) is 10.9 Å². The molecule has 1 aliphatic rings.